The van der Waals surface area contributed by atoms with Crippen LogP contribution in [-0.2, 0) is 10.2 Å². The topological polar surface area (TPSA) is 9.23 Å². The normalized spacial score (nSPS) is 25.4. The molecule has 1 atom stereocenters. The number of ether oxygens (including phenoxy) is 1. The highest BCUT2D eigenvalue weighted by Crippen LogP contribution is 2.38. The number of allylic oxidation sites excluding steroid dienone is 1. The molecule has 0 amide bonds. The summed E-state index contributed by atoms with van der Waals surface area (Å²) in [5, 5.41) is 0. The molecule has 1 unspecified atom stereocenters. The molecule has 1 saturated heterocycles. The molecule has 76 valence electrons. The Hall–Kier alpha value is -1.68. The fraction of sp³-hybridized carbons (Fsp3) is 0.286. The van der Waals surface area contributed by atoms with Crippen LogP contribution in [0.2, 0.25) is 0 Å². The molecule has 1 aromatic carbocycles. The summed E-state index contributed by atoms with van der Waals surface area (Å²) in [6.45, 7) is 4.68. The van der Waals surface area contributed by atoms with E-state index in [1.165, 1.54) is 0 Å². The Morgan fingerprint density at radius 2 is 2.07 bits per heavy atom. The Morgan fingerprint density at radius 1 is 1.33 bits per heavy atom. The van der Waals surface area contributed by atoms with Crippen molar-refractivity contribution in [3.63, 3.8) is 0 Å². The molecule has 1 fully saturated rings. The second-order valence-corrected chi connectivity index (χ2v) is 3.79. The second kappa shape index (κ2) is 3.82. The summed E-state index contributed by atoms with van der Waals surface area (Å²) in [6, 6.07) is 10.1. The molecular formula is C14H14O. The fourth-order valence-corrected chi connectivity index (χ4v) is 2.06. The first kappa shape index (κ1) is 9.86. The third kappa shape index (κ3) is 1.53. The lowest BCUT2D eigenvalue weighted by molar-refractivity contribution is 0.131. The summed E-state index contributed by atoms with van der Waals surface area (Å²) in [6.07, 6.45) is 7.58. The fourth-order valence-electron chi connectivity index (χ4n) is 2.06. The van der Waals surface area contributed by atoms with Crippen LogP contribution < -0.4 is 0 Å². The van der Waals surface area contributed by atoms with E-state index in [0.29, 0.717) is 5.76 Å². The summed E-state index contributed by atoms with van der Waals surface area (Å²) in [5.41, 5.74) is 0.691. The van der Waals surface area contributed by atoms with E-state index in [9.17, 15) is 0 Å². The number of hydrogen-bond acceptors (Lipinski definition) is 1. The van der Waals surface area contributed by atoms with Crippen LogP contribution in [0.1, 0.15) is 18.4 Å². The molecule has 0 radical (unpaired) electrons. The molecule has 15 heavy (non-hydrogen) atoms. The second-order valence-electron chi connectivity index (χ2n) is 3.79. The smallest absolute Gasteiger partial charge is 0.113 e. The number of terminal acetylenes is 1. The van der Waals surface area contributed by atoms with Gasteiger partial charge in [-0.15, -0.1) is 6.42 Å². The van der Waals surface area contributed by atoms with Gasteiger partial charge in [0.2, 0.25) is 0 Å². The third-order valence-corrected chi connectivity index (χ3v) is 2.96. The van der Waals surface area contributed by atoms with Crippen molar-refractivity contribution in [1.29, 1.82) is 0 Å². The zero-order valence-electron chi connectivity index (χ0n) is 8.70. The Bertz CT molecular complexity index is 399. The summed E-state index contributed by atoms with van der Waals surface area (Å²) < 4.78 is 5.50. The van der Waals surface area contributed by atoms with Crippen LogP contribution in [-0.4, -0.2) is 6.61 Å². The van der Waals surface area contributed by atoms with E-state index in [2.05, 4.69) is 12.5 Å². The summed E-state index contributed by atoms with van der Waals surface area (Å²) in [5.74, 6) is 3.57. The van der Waals surface area contributed by atoms with Crippen molar-refractivity contribution in [2.45, 2.75) is 18.3 Å². The van der Waals surface area contributed by atoms with E-state index in [1.807, 2.05) is 30.3 Å². The highest BCUT2D eigenvalue weighted by Gasteiger charge is 2.36. The Morgan fingerprint density at radius 3 is 2.67 bits per heavy atom. The molecule has 1 aliphatic rings. The minimum Gasteiger partial charge on any atom is -0.497 e. The molecular weight excluding hydrogens is 184 g/mol. The van der Waals surface area contributed by atoms with Crippen LogP contribution >= 0.6 is 0 Å². The van der Waals surface area contributed by atoms with E-state index >= 15 is 0 Å². The number of hydrogen-bond donors (Lipinski definition) is 0. The SMILES string of the molecule is C#CC1(c2ccccc2)CCCOC1=C. The van der Waals surface area contributed by atoms with Gasteiger partial charge in [0.25, 0.3) is 0 Å². The summed E-state index contributed by atoms with van der Waals surface area (Å²) >= 11 is 0. The van der Waals surface area contributed by atoms with E-state index in [1.54, 1.807) is 0 Å². The van der Waals surface area contributed by atoms with Gasteiger partial charge in [0.15, 0.2) is 0 Å². The van der Waals surface area contributed by atoms with Crippen molar-refractivity contribution in [3.05, 3.63) is 48.2 Å². The average Bonchev–Trinajstić information content (AvgIpc) is 2.31. The average molecular weight is 198 g/mol. The molecule has 2 rings (SSSR count). The van der Waals surface area contributed by atoms with E-state index in [0.717, 1.165) is 25.0 Å². The van der Waals surface area contributed by atoms with Crippen LogP contribution in [0.25, 0.3) is 0 Å². The number of benzene rings is 1. The minimum absolute atomic E-state index is 0.417. The lowest BCUT2D eigenvalue weighted by Gasteiger charge is -2.34. The van der Waals surface area contributed by atoms with Crippen molar-refractivity contribution >= 4 is 0 Å². The Balaban J connectivity index is 2.46. The summed E-state index contributed by atoms with van der Waals surface area (Å²) in [7, 11) is 0. The van der Waals surface area contributed by atoms with Crippen LogP contribution in [0, 0.1) is 12.3 Å². The van der Waals surface area contributed by atoms with Crippen LogP contribution in [0.5, 0.6) is 0 Å². The quantitative estimate of drug-likeness (QED) is 0.630. The molecule has 1 heterocycles. The first-order valence-corrected chi connectivity index (χ1v) is 5.15. The van der Waals surface area contributed by atoms with Crippen molar-refractivity contribution in [3.8, 4) is 12.3 Å². The lowest BCUT2D eigenvalue weighted by atomic mass is 9.75. The predicted molar refractivity (Wildman–Crippen MR) is 61.3 cm³/mol. The first-order valence-electron chi connectivity index (χ1n) is 5.15. The standard InChI is InChI=1S/C14H14O/c1-3-14(10-7-11-15-12(14)2)13-8-5-4-6-9-13/h1,4-6,8-9H,2,7,10-11H2. The molecule has 1 aromatic rings. The maximum Gasteiger partial charge on any atom is 0.113 e. The zero-order chi connectivity index (χ0) is 10.7. The van der Waals surface area contributed by atoms with Gasteiger partial charge >= 0.3 is 0 Å². The third-order valence-electron chi connectivity index (χ3n) is 2.96. The highest BCUT2D eigenvalue weighted by molar-refractivity contribution is 5.42. The van der Waals surface area contributed by atoms with Crippen molar-refractivity contribution in [2.24, 2.45) is 0 Å². The van der Waals surface area contributed by atoms with Crippen molar-refractivity contribution in [2.75, 3.05) is 6.61 Å². The maximum absolute atomic E-state index is 5.67. The van der Waals surface area contributed by atoms with Crippen molar-refractivity contribution < 1.29 is 4.74 Å². The van der Waals surface area contributed by atoms with E-state index in [-0.39, 0.29) is 0 Å². The lowest BCUT2D eigenvalue weighted by Crippen LogP contribution is -2.32. The molecule has 0 aliphatic carbocycles. The van der Waals surface area contributed by atoms with E-state index < -0.39 is 5.41 Å². The molecule has 1 aliphatic heterocycles. The maximum atomic E-state index is 5.67. The van der Waals surface area contributed by atoms with Gasteiger partial charge in [0, 0.05) is 0 Å². The molecule has 0 aromatic heterocycles. The zero-order valence-corrected chi connectivity index (χ0v) is 8.70. The van der Waals surface area contributed by atoms with Gasteiger partial charge in [-0.2, -0.15) is 0 Å². The minimum atomic E-state index is -0.417. The summed E-state index contributed by atoms with van der Waals surface area (Å²) in [4.78, 5) is 0. The monoisotopic (exact) mass is 198 g/mol. The predicted octanol–water partition coefficient (Wildman–Crippen LogP) is 2.88. The van der Waals surface area contributed by atoms with Gasteiger partial charge in [-0.3, -0.25) is 0 Å². The molecule has 1 nitrogen and oxygen atoms in total. The van der Waals surface area contributed by atoms with Crippen LogP contribution in [0.3, 0.4) is 0 Å². The molecule has 0 bridgehead atoms. The van der Waals surface area contributed by atoms with Gasteiger partial charge in [-0.25, -0.2) is 0 Å². The van der Waals surface area contributed by atoms with E-state index in [4.69, 9.17) is 11.2 Å². The van der Waals surface area contributed by atoms with Gasteiger partial charge in [-0.05, 0) is 18.4 Å². The van der Waals surface area contributed by atoms with Crippen LogP contribution in [0.4, 0.5) is 0 Å². The Labute approximate surface area is 90.8 Å². The molecule has 0 saturated carbocycles. The Kier molecular flexibility index (Phi) is 2.51. The van der Waals surface area contributed by atoms with Gasteiger partial charge in [-0.1, -0.05) is 42.8 Å². The largest absolute Gasteiger partial charge is 0.497 e. The first-order chi connectivity index (χ1) is 7.29. The molecule has 0 N–H and O–H groups in total. The molecule has 0 spiro atoms. The molecule has 1 heteroatoms. The van der Waals surface area contributed by atoms with Crippen molar-refractivity contribution in [1.82, 2.24) is 0 Å². The number of rotatable bonds is 1. The van der Waals surface area contributed by atoms with Gasteiger partial charge in [0.05, 0.1) is 6.61 Å². The van der Waals surface area contributed by atoms with Gasteiger partial charge < -0.3 is 4.74 Å². The van der Waals surface area contributed by atoms with Crippen LogP contribution in [0.15, 0.2) is 42.7 Å². The highest BCUT2D eigenvalue weighted by atomic mass is 16.5. The van der Waals surface area contributed by atoms with Gasteiger partial charge in [0.1, 0.15) is 11.2 Å².